The van der Waals surface area contributed by atoms with Crippen molar-refractivity contribution in [2.24, 2.45) is 4.99 Å². The molecule has 0 saturated carbocycles. The van der Waals surface area contributed by atoms with Crippen molar-refractivity contribution in [3.63, 3.8) is 0 Å². The number of piperidine rings is 1. The summed E-state index contributed by atoms with van der Waals surface area (Å²) in [5.41, 5.74) is 1.78. The van der Waals surface area contributed by atoms with E-state index in [4.69, 9.17) is 0 Å². The van der Waals surface area contributed by atoms with Crippen LogP contribution in [0.15, 0.2) is 29.3 Å². The Kier molecular flexibility index (Phi) is 11.6. The van der Waals surface area contributed by atoms with Crippen LogP contribution in [0, 0.1) is 0 Å². The second-order valence-electron chi connectivity index (χ2n) is 6.90. The average molecular weight is 516 g/mol. The minimum Gasteiger partial charge on any atom is -0.358 e. The molecule has 0 aliphatic carbocycles. The van der Waals surface area contributed by atoms with Crippen molar-refractivity contribution in [3.05, 3.63) is 35.4 Å². The van der Waals surface area contributed by atoms with Gasteiger partial charge in [0.05, 0.1) is 6.54 Å². The summed E-state index contributed by atoms with van der Waals surface area (Å²) in [6.45, 7) is 2.99. The highest BCUT2D eigenvalue weighted by atomic mass is 127. The zero-order chi connectivity index (χ0) is 20.4. The Bertz CT molecular complexity index is 689. The maximum atomic E-state index is 11.7. The molecule has 0 bridgehead atoms. The van der Waals surface area contributed by atoms with Gasteiger partial charge >= 0.3 is 0 Å². The lowest BCUT2D eigenvalue weighted by atomic mass is 10.1. The largest absolute Gasteiger partial charge is 0.358 e. The molecule has 9 heteroatoms. The van der Waals surface area contributed by atoms with Gasteiger partial charge in [-0.05, 0) is 37.0 Å². The van der Waals surface area contributed by atoms with Gasteiger partial charge in [-0.2, -0.15) is 0 Å². The van der Waals surface area contributed by atoms with Crippen LogP contribution < -0.4 is 21.3 Å². The van der Waals surface area contributed by atoms with Gasteiger partial charge in [0.1, 0.15) is 0 Å². The first-order chi connectivity index (χ1) is 13.5. The molecule has 0 atom stereocenters. The molecule has 1 aromatic rings. The highest BCUT2D eigenvalue weighted by molar-refractivity contribution is 14.0. The second kappa shape index (κ2) is 13.4. The fourth-order valence-corrected chi connectivity index (χ4v) is 3.24. The third-order valence-electron chi connectivity index (χ3n) is 4.92. The van der Waals surface area contributed by atoms with E-state index in [1.165, 1.54) is 0 Å². The van der Waals surface area contributed by atoms with Gasteiger partial charge in [0.15, 0.2) is 5.96 Å². The topological polar surface area (TPSA) is 97.9 Å². The number of hydrogen-bond acceptors (Lipinski definition) is 4. The third kappa shape index (κ3) is 8.57. The number of likely N-dealkylation sites (tertiary alicyclic amines) is 1. The summed E-state index contributed by atoms with van der Waals surface area (Å²) in [5.74, 6) is 0.770. The van der Waals surface area contributed by atoms with E-state index in [2.05, 4.69) is 31.2 Å². The van der Waals surface area contributed by atoms with Crippen molar-refractivity contribution in [2.45, 2.75) is 25.3 Å². The van der Waals surface area contributed by atoms with Crippen LogP contribution in [0.25, 0.3) is 0 Å². The van der Waals surface area contributed by atoms with Crippen molar-refractivity contribution in [1.29, 1.82) is 0 Å². The number of nitrogens with zero attached hydrogens (tertiary/aromatic N) is 2. The molecule has 2 amide bonds. The molecule has 0 aromatic heterocycles. The Morgan fingerprint density at radius 2 is 1.90 bits per heavy atom. The highest BCUT2D eigenvalue weighted by Gasteiger charge is 2.21. The minimum atomic E-state index is -0.0740. The van der Waals surface area contributed by atoms with Crippen molar-refractivity contribution in [1.82, 2.24) is 26.2 Å². The average Bonchev–Trinajstić information content (AvgIpc) is 2.73. The van der Waals surface area contributed by atoms with Crippen LogP contribution in [0.1, 0.15) is 28.8 Å². The molecule has 0 radical (unpaired) electrons. The molecule has 1 aliphatic rings. The van der Waals surface area contributed by atoms with E-state index in [1.54, 1.807) is 21.1 Å². The third-order valence-corrected chi connectivity index (χ3v) is 4.92. The van der Waals surface area contributed by atoms with Gasteiger partial charge in [0.2, 0.25) is 5.91 Å². The fraction of sp³-hybridized carbons (Fsp3) is 0.550. The van der Waals surface area contributed by atoms with Gasteiger partial charge in [0.25, 0.3) is 5.91 Å². The molecule has 0 spiro atoms. The molecule has 1 saturated heterocycles. The summed E-state index contributed by atoms with van der Waals surface area (Å²) in [6, 6.07) is 8.00. The number of carbonyl (C=O) groups excluding carboxylic acids is 2. The Morgan fingerprint density at radius 3 is 2.52 bits per heavy atom. The quantitative estimate of drug-likeness (QED) is 0.242. The lowest BCUT2D eigenvalue weighted by Gasteiger charge is -2.32. The van der Waals surface area contributed by atoms with Crippen LogP contribution in [0.4, 0.5) is 0 Å². The smallest absolute Gasteiger partial charge is 0.251 e. The number of amides is 2. The summed E-state index contributed by atoms with van der Waals surface area (Å²) in [5, 5.41) is 12.1. The normalized spacial score (nSPS) is 15.2. The Hall–Kier alpha value is -1.88. The summed E-state index contributed by atoms with van der Waals surface area (Å²) >= 11 is 0. The number of hydrogen-bond donors (Lipinski definition) is 4. The van der Waals surface area contributed by atoms with Crippen molar-refractivity contribution in [3.8, 4) is 0 Å². The predicted molar refractivity (Wildman–Crippen MR) is 127 cm³/mol. The Morgan fingerprint density at radius 1 is 1.17 bits per heavy atom. The van der Waals surface area contributed by atoms with Gasteiger partial charge in [-0.1, -0.05) is 12.1 Å². The number of guanidine groups is 1. The number of aliphatic imine (C=N–C) groups is 1. The van der Waals surface area contributed by atoms with Crippen LogP contribution in [0.5, 0.6) is 0 Å². The fourth-order valence-electron chi connectivity index (χ4n) is 3.24. The maximum Gasteiger partial charge on any atom is 0.251 e. The summed E-state index contributed by atoms with van der Waals surface area (Å²) in [4.78, 5) is 29.7. The zero-order valence-corrected chi connectivity index (χ0v) is 19.8. The molecule has 162 valence electrons. The molecule has 1 heterocycles. The molecular formula is C20H33IN6O2. The van der Waals surface area contributed by atoms with Crippen molar-refractivity contribution >= 4 is 41.8 Å². The van der Waals surface area contributed by atoms with Crippen LogP contribution in [-0.4, -0.2) is 76.0 Å². The van der Waals surface area contributed by atoms with E-state index in [9.17, 15) is 9.59 Å². The number of benzene rings is 1. The first-order valence-electron chi connectivity index (χ1n) is 9.76. The molecule has 1 fully saturated rings. The summed E-state index contributed by atoms with van der Waals surface area (Å²) in [6.07, 6.45) is 2.76. The molecule has 4 N–H and O–H groups in total. The summed E-state index contributed by atoms with van der Waals surface area (Å²) in [7, 11) is 5.07. The van der Waals surface area contributed by atoms with Gasteiger partial charge in [-0.25, -0.2) is 0 Å². The van der Waals surface area contributed by atoms with Gasteiger partial charge in [-0.3, -0.25) is 19.5 Å². The molecule has 8 nitrogen and oxygen atoms in total. The van der Waals surface area contributed by atoms with E-state index >= 15 is 0 Å². The lowest BCUT2D eigenvalue weighted by molar-refractivity contribution is -0.122. The van der Waals surface area contributed by atoms with E-state index < -0.39 is 0 Å². The molecule has 29 heavy (non-hydrogen) atoms. The molecule has 0 unspecified atom stereocenters. The number of nitrogens with one attached hydrogen (secondary N) is 4. The van der Waals surface area contributed by atoms with Gasteiger partial charge in [-0.15, -0.1) is 24.0 Å². The lowest BCUT2D eigenvalue weighted by Crippen LogP contribution is -2.50. The Labute approximate surface area is 190 Å². The number of halogens is 1. The van der Waals surface area contributed by atoms with E-state index in [1.807, 2.05) is 24.3 Å². The first-order valence-corrected chi connectivity index (χ1v) is 9.76. The molecule has 1 aliphatic heterocycles. The zero-order valence-electron chi connectivity index (χ0n) is 17.5. The van der Waals surface area contributed by atoms with Crippen LogP contribution in [-0.2, 0) is 11.2 Å². The standard InChI is InChI=1S/C20H32N6O2.HI/c1-21-18(27)14-26-11-8-17(9-12-26)25-20(23-3)24-10-7-15-5-4-6-16(13-15)19(28)22-2;/h4-6,13,17H,7-12,14H2,1-3H3,(H,21,27)(H,22,28)(H2,23,24,25);1H. The van der Waals surface area contributed by atoms with Gasteiger partial charge in [0, 0.05) is 52.4 Å². The number of carbonyl (C=O) groups is 2. The maximum absolute atomic E-state index is 11.7. The molecule has 2 rings (SSSR count). The highest BCUT2D eigenvalue weighted by Crippen LogP contribution is 2.10. The van der Waals surface area contributed by atoms with Crippen LogP contribution >= 0.6 is 24.0 Å². The summed E-state index contributed by atoms with van der Waals surface area (Å²) < 4.78 is 0. The number of likely N-dealkylation sites (N-methyl/N-ethyl adjacent to an activating group) is 1. The van der Waals surface area contributed by atoms with Gasteiger partial charge < -0.3 is 21.3 Å². The van der Waals surface area contributed by atoms with Crippen molar-refractivity contribution in [2.75, 3.05) is 47.3 Å². The van der Waals surface area contributed by atoms with Crippen LogP contribution in [0.2, 0.25) is 0 Å². The second-order valence-corrected chi connectivity index (χ2v) is 6.90. The minimum absolute atomic E-state index is 0. The number of rotatable bonds is 7. The van der Waals surface area contributed by atoms with E-state index in [0.717, 1.165) is 50.4 Å². The Balaban J connectivity index is 0.00000420. The van der Waals surface area contributed by atoms with E-state index in [0.29, 0.717) is 18.2 Å². The van der Waals surface area contributed by atoms with Crippen molar-refractivity contribution < 1.29 is 9.59 Å². The first kappa shape index (κ1) is 25.2. The predicted octanol–water partition coefficient (Wildman–Crippen LogP) is 0.582. The molecular weight excluding hydrogens is 483 g/mol. The molecule has 1 aromatic carbocycles. The van der Waals surface area contributed by atoms with Crippen LogP contribution in [0.3, 0.4) is 0 Å². The monoisotopic (exact) mass is 516 g/mol. The van der Waals surface area contributed by atoms with E-state index in [-0.39, 0.29) is 35.8 Å². The SMILES string of the molecule is CN=C(NCCc1cccc(C(=O)NC)c1)NC1CCN(CC(=O)NC)CC1.I.